The molecule has 7 nitrogen and oxygen atoms in total. The normalized spacial score (nSPS) is 11.4. The van der Waals surface area contributed by atoms with E-state index in [0.29, 0.717) is 0 Å². The minimum absolute atomic E-state index is 0.736. The second kappa shape index (κ2) is 6.45. The van der Waals surface area contributed by atoms with Gasteiger partial charge in [0.2, 0.25) is 0 Å². The van der Waals surface area contributed by atoms with Crippen LogP contribution in [0.2, 0.25) is 0 Å². The van der Waals surface area contributed by atoms with Crippen molar-refractivity contribution in [2.45, 2.75) is 20.4 Å². The molecule has 4 aromatic heterocycles. The maximum Gasteiger partial charge on any atom is 0.156 e. The molecule has 0 bridgehead atoms. The molecule has 0 radical (unpaired) electrons. The van der Waals surface area contributed by atoms with Gasteiger partial charge < -0.3 is 4.98 Å². The topological polar surface area (TPSA) is 88.1 Å². The van der Waals surface area contributed by atoms with Crippen LogP contribution in [0.3, 0.4) is 0 Å². The maximum atomic E-state index is 4.83. The standard InChI is InChI=1S/C21H19N7/c1-13-5-3-4-6-15(13)11-28-12-16(7-25-28)18-8-22-21-20(18)26-19(10-23-21)17-9-24-27-14(17)2/h3-10,12H,11H2,1-2H3,(H,22,23)(H,24,27). The molecule has 0 aliphatic heterocycles. The number of aromatic amines is 2. The first-order valence-corrected chi connectivity index (χ1v) is 9.11. The molecule has 0 unspecified atom stereocenters. The van der Waals surface area contributed by atoms with Gasteiger partial charge in [0.25, 0.3) is 0 Å². The number of aryl methyl sites for hydroxylation is 2. The van der Waals surface area contributed by atoms with Gasteiger partial charge >= 0.3 is 0 Å². The van der Waals surface area contributed by atoms with Gasteiger partial charge in [-0.25, -0.2) is 9.97 Å². The number of aromatic nitrogens is 7. The SMILES string of the molecule is Cc1ccccc1Cn1cc(-c2c[nH]c3ncc(-c4cn[nH]c4C)nc23)cn1. The molecule has 5 rings (SSSR count). The minimum Gasteiger partial charge on any atom is -0.344 e. The largest absolute Gasteiger partial charge is 0.344 e. The number of hydrogen-bond acceptors (Lipinski definition) is 4. The van der Waals surface area contributed by atoms with Gasteiger partial charge in [0.15, 0.2) is 5.65 Å². The molecule has 0 spiro atoms. The fourth-order valence-electron chi connectivity index (χ4n) is 3.40. The van der Waals surface area contributed by atoms with Crippen molar-refractivity contribution < 1.29 is 0 Å². The molecule has 5 aromatic rings. The van der Waals surface area contributed by atoms with Gasteiger partial charge in [-0.1, -0.05) is 24.3 Å². The van der Waals surface area contributed by atoms with Crippen LogP contribution in [0, 0.1) is 13.8 Å². The fraction of sp³-hybridized carbons (Fsp3) is 0.143. The predicted octanol–water partition coefficient (Wildman–Crippen LogP) is 3.88. The first-order chi connectivity index (χ1) is 13.7. The lowest BCUT2D eigenvalue weighted by Gasteiger charge is -2.05. The fourth-order valence-corrected chi connectivity index (χ4v) is 3.40. The van der Waals surface area contributed by atoms with Crippen LogP contribution in [0.5, 0.6) is 0 Å². The first-order valence-electron chi connectivity index (χ1n) is 9.11. The monoisotopic (exact) mass is 369 g/mol. The van der Waals surface area contributed by atoms with Crippen LogP contribution in [-0.2, 0) is 6.54 Å². The molecule has 0 fully saturated rings. The Balaban J connectivity index is 1.52. The third-order valence-corrected chi connectivity index (χ3v) is 5.02. The van der Waals surface area contributed by atoms with Crippen molar-refractivity contribution in [1.82, 2.24) is 34.9 Å². The van der Waals surface area contributed by atoms with E-state index < -0.39 is 0 Å². The van der Waals surface area contributed by atoms with Gasteiger partial charge in [-0.05, 0) is 25.0 Å². The number of nitrogens with zero attached hydrogens (tertiary/aromatic N) is 5. The van der Waals surface area contributed by atoms with E-state index in [1.165, 1.54) is 11.1 Å². The molecule has 4 heterocycles. The Morgan fingerprint density at radius 2 is 1.93 bits per heavy atom. The van der Waals surface area contributed by atoms with E-state index in [0.717, 1.165) is 45.8 Å². The lowest BCUT2D eigenvalue weighted by Crippen LogP contribution is -2.01. The molecule has 0 saturated heterocycles. The summed E-state index contributed by atoms with van der Waals surface area (Å²) in [4.78, 5) is 12.6. The van der Waals surface area contributed by atoms with Crippen LogP contribution in [0.25, 0.3) is 33.5 Å². The van der Waals surface area contributed by atoms with Crippen LogP contribution < -0.4 is 0 Å². The van der Waals surface area contributed by atoms with Crippen molar-refractivity contribution in [1.29, 1.82) is 0 Å². The zero-order valence-corrected chi connectivity index (χ0v) is 15.6. The summed E-state index contributed by atoms with van der Waals surface area (Å²) >= 11 is 0. The first kappa shape index (κ1) is 16.4. The van der Waals surface area contributed by atoms with Crippen molar-refractivity contribution in [3.8, 4) is 22.4 Å². The molecule has 138 valence electrons. The second-order valence-electron chi connectivity index (χ2n) is 6.92. The van der Waals surface area contributed by atoms with E-state index in [-0.39, 0.29) is 0 Å². The smallest absolute Gasteiger partial charge is 0.156 e. The van der Waals surface area contributed by atoms with Gasteiger partial charge in [0.1, 0.15) is 5.52 Å². The Labute approximate surface area is 161 Å². The van der Waals surface area contributed by atoms with Gasteiger partial charge in [-0.15, -0.1) is 0 Å². The molecular weight excluding hydrogens is 350 g/mol. The third-order valence-electron chi connectivity index (χ3n) is 5.02. The molecule has 0 atom stereocenters. The number of rotatable bonds is 4. The van der Waals surface area contributed by atoms with E-state index in [1.54, 1.807) is 12.4 Å². The molecule has 0 aliphatic rings. The lowest BCUT2D eigenvalue weighted by molar-refractivity contribution is 0.684. The summed E-state index contributed by atoms with van der Waals surface area (Å²) in [5.41, 5.74) is 8.82. The van der Waals surface area contributed by atoms with E-state index in [9.17, 15) is 0 Å². The Kier molecular flexibility index (Phi) is 3.79. The molecule has 0 amide bonds. The Hall–Kier alpha value is -3.74. The van der Waals surface area contributed by atoms with Gasteiger partial charge in [-0.3, -0.25) is 9.78 Å². The lowest BCUT2D eigenvalue weighted by atomic mass is 10.1. The van der Waals surface area contributed by atoms with Crippen LogP contribution in [-0.4, -0.2) is 34.9 Å². The summed E-state index contributed by atoms with van der Waals surface area (Å²) < 4.78 is 1.95. The van der Waals surface area contributed by atoms with Crippen molar-refractivity contribution in [3.05, 3.63) is 72.1 Å². The minimum atomic E-state index is 0.736. The van der Waals surface area contributed by atoms with Crippen LogP contribution in [0.1, 0.15) is 16.8 Å². The second-order valence-corrected chi connectivity index (χ2v) is 6.92. The maximum absolute atomic E-state index is 4.83. The zero-order valence-electron chi connectivity index (χ0n) is 15.6. The van der Waals surface area contributed by atoms with Gasteiger partial charge in [0.05, 0.1) is 30.8 Å². The van der Waals surface area contributed by atoms with E-state index >= 15 is 0 Å². The van der Waals surface area contributed by atoms with Crippen molar-refractivity contribution in [2.75, 3.05) is 0 Å². The third kappa shape index (κ3) is 2.77. The van der Waals surface area contributed by atoms with Crippen molar-refractivity contribution in [3.63, 3.8) is 0 Å². The predicted molar refractivity (Wildman–Crippen MR) is 108 cm³/mol. The molecule has 0 aliphatic carbocycles. The molecular formula is C21H19N7. The summed E-state index contributed by atoms with van der Waals surface area (Å²) in [5.74, 6) is 0. The number of hydrogen-bond donors (Lipinski definition) is 2. The molecule has 0 saturated carbocycles. The van der Waals surface area contributed by atoms with E-state index in [1.807, 2.05) is 30.2 Å². The number of nitrogens with one attached hydrogen (secondary N) is 2. The summed E-state index contributed by atoms with van der Waals surface area (Å²) in [6.07, 6.45) is 9.40. The average molecular weight is 369 g/mol. The Morgan fingerprint density at radius 3 is 2.75 bits per heavy atom. The number of benzene rings is 1. The molecule has 1 aromatic carbocycles. The van der Waals surface area contributed by atoms with Gasteiger partial charge in [-0.2, -0.15) is 10.2 Å². The van der Waals surface area contributed by atoms with Crippen LogP contribution in [0.15, 0.2) is 55.2 Å². The van der Waals surface area contributed by atoms with E-state index in [2.05, 4.69) is 56.5 Å². The Bertz CT molecular complexity index is 1270. The summed E-state index contributed by atoms with van der Waals surface area (Å²) in [5, 5.41) is 11.6. The highest BCUT2D eigenvalue weighted by atomic mass is 15.3. The van der Waals surface area contributed by atoms with Crippen LogP contribution >= 0.6 is 0 Å². The average Bonchev–Trinajstić information content (AvgIpc) is 3.42. The number of fused-ring (bicyclic) bond motifs is 1. The quantitative estimate of drug-likeness (QED) is 0.503. The van der Waals surface area contributed by atoms with Crippen LogP contribution in [0.4, 0.5) is 0 Å². The molecule has 2 N–H and O–H groups in total. The van der Waals surface area contributed by atoms with Gasteiger partial charge in [0, 0.05) is 34.8 Å². The highest BCUT2D eigenvalue weighted by Crippen LogP contribution is 2.28. The van der Waals surface area contributed by atoms with E-state index in [4.69, 9.17) is 4.98 Å². The Morgan fingerprint density at radius 1 is 1.04 bits per heavy atom. The highest BCUT2D eigenvalue weighted by Gasteiger charge is 2.14. The number of H-pyrrole nitrogens is 2. The van der Waals surface area contributed by atoms with Crippen molar-refractivity contribution >= 4 is 11.2 Å². The summed E-state index contributed by atoms with van der Waals surface area (Å²) in [7, 11) is 0. The van der Waals surface area contributed by atoms with Crippen molar-refractivity contribution in [2.24, 2.45) is 0 Å². The molecule has 28 heavy (non-hydrogen) atoms. The zero-order chi connectivity index (χ0) is 19.1. The summed E-state index contributed by atoms with van der Waals surface area (Å²) in [6.45, 7) is 4.83. The molecule has 7 heteroatoms. The summed E-state index contributed by atoms with van der Waals surface area (Å²) in [6, 6.07) is 8.36. The highest BCUT2D eigenvalue weighted by molar-refractivity contribution is 5.91.